The zero-order chi connectivity index (χ0) is 5.98. The van der Waals surface area contributed by atoms with Gasteiger partial charge in [0.25, 0.3) is 0 Å². The summed E-state index contributed by atoms with van der Waals surface area (Å²) in [6.45, 7) is 4.14. The monoisotopic (exact) mass is 114 g/mol. The zero-order valence-electron chi connectivity index (χ0n) is 4.76. The number of aliphatic hydroxyl groups excluding tert-OH is 1. The van der Waals surface area contributed by atoms with Crippen LogP contribution in [0, 0.1) is 0 Å². The number of ether oxygens (including phenoxy) is 1. The van der Waals surface area contributed by atoms with Crippen LogP contribution in [0.4, 0.5) is 0 Å². The van der Waals surface area contributed by atoms with Crippen LogP contribution in [-0.2, 0) is 4.74 Å². The number of rotatable bonds is 1. The van der Waals surface area contributed by atoms with Crippen LogP contribution in [0.25, 0.3) is 0 Å². The highest BCUT2D eigenvalue weighted by Crippen LogP contribution is 2.15. The Bertz CT molecular complexity index is 92.7. The van der Waals surface area contributed by atoms with Gasteiger partial charge >= 0.3 is 0 Å². The van der Waals surface area contributed by atoms with Crippen LogP contribution in [-0.4, -0.2) is 17.8 Å². The molecule has 0 aromatic rings. The molecule has 2 heteroatoms. The van der Waals surface area contributed by atoms with Crippen molar-refractivity contribution in [1.29, 1.82) is 0 Å². The molecule has 1 atom stereocenters. The van der Waals surface area contributed by atoms with E-state index in [2.05, 4.69) is 6.58 Å². The summed E-state index contributed by atoms with van der Waals surface area (Å²) in [5, 5.41) is 8.73. The van der Waals surface area contributed by atoms with Crippen molar-refractivity contribution in [2.75, 3.05) is 6.61 Å². The maximum Gasteiger partial charge on any atom is 0.114 e. The average molecular weight is 114 g/mol. The molecule has 46 valence electrons. The fourth-order valence-corrected chi connectivity index (χ4v) is 0.840. The van der Waals surface area contributed by atoms with Gasteiger partial charge in [0.1, 0.15) is 11.9 Å². The van der Waals surface area contributed by atoms with E-state index in [0.717, 1.165) is 19.4 Å². The van der Waals surface area contributed by atoms with Crippen LogP contribution in [0.3, 0.4) is 0 Å². The lowest BCUT2D eigenvalue weighted by atomic mass is 10.2. The summed E-state index contributed by atoms with van der Waals surface area (Å²) in [6.07, 6.45) is 1.90. The SMILES string of the molecule is C=C(O)[C@@H]1CCCO1. The first-order valence-corrected chi connectivity index (χ1v) is 2.80. The van der Waals surface area contributed by atoms with Gasteiger partial charge in [0.2, 0.25) is 0 Å². The molecular weight excluding hydrogens is 104 g/mol. The predicted octanol–water partition coefficient (Wildman–Crippen LogP) is 1.24. The molecule has 0 aliphatic carbocycles. The average Bonchev–Trinajstić information content (AvgIpc) is 2.12. The fourth-order valence-electron chi connectivity index (χ4n) is 0.840. The third-order valence-electron chi connectivity index (χ3n) is 1.30. The Labute approximate surface area is 48.8 Å². The third kappa shape index (κ3) is 1.01. The van der Waals surface area contributed by atoms with E-state index in [-0.39, 0.29) is 11.9 Å². The van der Waals surface area contributed by atoms with E-state index in [1.54, 1.807) is 0 Å². The standard InChI is InChI=1S/C6H10O2/c1-5(7)6-3-2-4-8-6/h6-7H,1-4H2/t6-/m0/s1. The van der Waals surface area contributed by atoms with Crippen molar-refractivity contribution < 1.29 is 9.84 Å². The van der Waals surface area contributed by atoms with E-state index in [1.165, 1.54) is 0 Å². The van der Waals surface area contributed by atoms with Crippen molar-refractivity contribution in [2.24, 2.45) is 0 Å². The van der Waals surface area contributed by atoms with Gasteiger partial charge in [-0.05, 0) is 12.8 Å². The second kappa shape index (κ2) is 2.18. The summed E-state index contributed by atoms with van der Waals surface area (Å²) in [6, 6.07) is 0. The molecule has 1 rings (SSSR count). The molecule has 0 radical (unpaired) electrons. The number of hydrogen-bond acceptors (Lipinski definition) is 2. The molecule has 0 aromatic carbocycles. The highest BCUT2D eigenvalue weighted by Gasteiger charge is 2.17. The molecule has 1 N–H and O–H groups in total. The Hall–Kier alpha value is -0.500. The van der Waals surface area contributed by atoms with Gasteiger partial charge in [-0.15, -0.1) is 0 Å². The van der Waals surface area contributed by atoms with Gasteiger partial charge in [-0.25, -0.2) is 0 Å². The quantitative estimate of drug-likeness (QED) is 0.519. The van der Waals surface area contributed by atoms with E-state index >= 15 is 0 Å². The molecule has 0 amide bonds. The molecular formula is C6H10O2. The molecule has 1 aliphatic heterocycles. The molecule has 0 saturated carbocycles. The Balaban J connectivity index is 2.35. The molecule has 0 spiro atoms. The van der Waals surface area contributed by atoms with Crippen LogP contribution in [0.1, 0.15) is 12.8 Å². The van der Waals surface area contributed by atoms with Crippen molar-refractivity contribution in [1.82, 2.24) is 0 Å². The minimum absolute atomic E-state index is 0.0741. The van der Waals surface area contributed by atoms with Crippen LogP contribution >= 0.6 is 0 Å². The maximum atomic E-state index is 8.73. The Morgan fingerprint density at radius 2 is 2.50 bits per heavy atom. The van der Waals surface area contributed by atoms with E-state index in [1.807, 2.05) is 0 Å². The Kier molecular flexibility index (Phi) is 1.53. The first-order valence-electron chi connectivity index (χ1n) is 2.80. The molecule has 0 unspecified atom stereocenters. The van der Waals surface area contributed by atoms with E-state index in [0.29, 0.717) is 0 Å². The third-order valence-corrected chi connectivity index (χ3v) is 1.30. The van der Waals surface area contributed by atoms with Crippen LogP contribution in [0.2, 0.25) is 0 Å². The van der Waals surface area contributed by atoms with Gasteiger partial charge in [-0.1, -0.05) is 6.58 Å². The topological polar surface area (TPSA) is 29.5 Å². The lowest BCUT2D eigenvalue weighted by Gasteiger charge is -2.04. The van der Waals surface area contributed by atoms with Gasteiger partial charge < -0.3 is 9.84 Å². The summed E-state index contributed by atoms with van der Waals surface area (Å²) in [7, 11) is 0. The minimum Gasteiger partial charge on any atom is -0.510 e. The predicted molar refractivity (Wildman–Crippen MR) is 30.7 cm³/mol. The summed E-state index contributed by atoms with van der Waals surface area (Å²) >= 11 is 0. The maximum absolute atomic E-state index is 8.73. The molecule has 1 heterocycles. The van der Waals surface area contributed by atoms with Crippen molar-refractivity contribution in [2.45, 2.75) is 18.9 Å². The van der Waals surface area contributed by atoms with Crippen molar-refractivity contribution in [3.63, 3.8) is 0 Å². The number of aliphatic hydroxyl groups is 1. The molecule has 8 heavy (non-hydrogen) atoms. The summed E-state index contributed by atoms with van der Waals surface area (Å²) < 4.78 is 5.06. The second-order valence-corrected chi connectivity index (χ2v) is 1.99. The summed E-state index contributed by atoms with van der Waals surface area (Å²) in [4.78, 5) is 0. The molecule has 1 fully saturated rings. The van der Waals surface area contributed by atoms with E-state index in [4.69, 9.17) is 9.84 Å². The number of hydrogen-bond donors (Lipinski definition) is 1. The fraction of sp³-hybridized carbons (Fsp3) is 0.667. The van der Waals surface area contributed by atoms with Crippen LogP contribution in [0.15, 0.2) is 12.3 Å². The molecule has 0 bridgehead atoms. The Morgan fingerprint density at radius 1 is 1.75 bits per heavy atom. The van der Waals surface area contributed by atoms with Crippen molar-refractivity contribution in [3.8, 4) is 0 Å². The van der Waals surface area contributed by atoms with Gasteiger partial charge in [-0.3, -0.25) is 0 Å². The normalized spacial score (nSPS) is 28.2. The highest BCUT2D eigenvalue weighted by molar-refractivity contribution is 4.91. The largest absolute Gasteiger partial charge is 0.510 e. The smallest absolute Gasteiger partial charge is 0.114 e. The van der Waals surface area contributed by atoms with Gasteiger partial charge in [-0.2, -0.15) is 0 Å². The zero-order valence-corrected chi connectivity index (χ0v) is 4.76. The first kappa shape index (κ1) is 5.63. The molecule has 1 saturated heterocycles. The van der Waals surface area contributed by atoms with Crippen LogP contribution in [0.5, 0.6) is 0 Å². The summed E-state index contributed by atoms with van der Waals surface area (Å²) in [5.74, 6) is 0.169. The molecule has 0 aromatic heterocycles. The first-order chi connectivity index (χ1) is 3.80. The Morgan fingerprint density at radius 3 is 2.75 bits per heavy atom. The lowest BCUT2D eigenvalue weighted by Crippen LogP contribution is -2.06. The highest BCUT2D eigenvalue weighted by atomic mass is 16.5. The molecule has 2 nitrogen and oxygen atoms in total. The summed E-state index contributed by atoms with van der Waals surface area (Å²) in [5.41, 5.74) is 0. The minimum atomic E-state index is -0.0741. The second-order valence-electron chi connectivity index (χ2n) is 1.99. The van der Waals surface area contributed by atoms with E-state index in [9.17, 15) is 0 Å². The van der Waals surface area contributed by atoms with Gasteiger partial charge in [0, 0.05) is 6.61 Å². The van der Waals surface area contributed by atoms with Gasteiger partial charge in [0.05, 0.1) is 0 Å². The lowest BCUT2D eigenvalue weighted by molar-refractivity contribution is 0.102. The van der Waals surface area contributed by atoms with E-state index < -0.39 is 0 Å². The molecule has 1 aliphatic rings. The van der Waals surface area contributed by atoms with Gasteiger partial charge in [0.15, 0.2) is 0 Å². The van der Waals surface area contributed by atoms with Crippen molar-refractivity contribution in [3.05, 3.63) is 12.3 Å². The van der Waals surface area contributed by atoms with Crippen LogP contribution < -0.4 is 0 Å². The van der Waals surface area contributed by atoms with Crippen molar-refractivity contribution >= 4 is 0 Å².